The molecule has 0 bridgehead atoms. The Morgan fingerprint density at radius 3 is 2.70 bits per heavy atom. The molecule has 0 N–H and O–H groups in total. The number of aromatic nitrogens is 3. The Bertz CT molecular complexity index is 660. The summed E-state index contributed by atoms with van der Waals surface area (Å²) in [6, 6.07) is 1.70. The van der Waals surface area contributed by atoms with Gasteiger partial charge >= 0.3 is 6.09 Å². The number of anilines is 1. The smallest absolute Gasteiger partial charge is 0.415 e. The van der Waals surface area contributed by atoms with Gasteiger partial charge in [-0.15, -0.1) is 0 Å². The molecule has 7 heteroatoms. The number of ether oxygens (including phenoxy) is 1. The van der Waals surface area contributed by atoms with Crippen molar-refractivity contribution in [3.8, 4) is 0 Å². The zero-order valence-electron chi connectivity index (χ0n) is 12.1. The summed E-state index contributed by atoms with van der Waals surface area (Å²) in [5.41, 5.74) is 0.827. The number of halogens is 1. The lowest BCUT2D eigenvalue weighted by atomic mass is 10.2. The highest BCUT2D eigenvalue weighted by molar-refractivity contribution is 6.30. The SMILES string of the molecule is CN(C(=O)OC(C)(C)C)c1nc(Cl)cc2c1ncn2C. The lowest BCUT2D eigenvalue weighted by Crippen LogP contribution is -2.34. The van der Waals surface area contributed by atoms with Crippen LogP contribution >= 0.6 is 11.6 Å². The van der Waals surface area contributed by atoms with Crippen LogP contribution in [0.2, 0.25) is 5.15 Å². The maximum absolute atomic E-state index is 12.1. The second-order valence-electron chi connectivity index (χ2n) is 5.53. The third-order valence-electron chi connectivity index (χ3n) is 2.65. The van der Waals surface area contributed by atoms with Gasteiger partial charge in [0.2, 0.25) is 0 Å². The van der Waals surface area contributed by atoms with E-state index in [1.807, 2.05) is 11.6 Å². The maximum Gasteiger partial charge on any atom is 0.415 e. The largest absolute Gasteiger partial charge is 0.443 e. The molecule has 6 nitrogen and oxygen atoms in total. The van der Waals surface area contributed by atoms with E-state index in [0.29, 0.717) is 16.5 Å². The molecule has 1 amide bonds. The molecule has 0 saturated carbocycles. The number of carbonyl (C=O) groups is 1. The summed E-state index contributed by atoms with van der Waals surface area (Å²) in [5, 5.41) is 0.298. The first-order chi connectivity index (χ1) is 9.19. The van der Waals surface area contributed by atoms with Gasteiger partial charge in [-0.1, -0.05) is 11.6 Å². The van der Waals surface area contributed by atoms with Gasteiger partial charge in [-0.25, -0.2) is 14.8 Å². The minimum absolute atomic E-state index is 0.298. The van der Waals surface area contributed by atoms with Crippen LogP contribution in [0.1, 0.15) is 20.8 Å². The zero-order valence-corrected chi connectivity index (χ0v) is 12.9. The molecule has 2 heterocycles. The van der Waals surface area contributed by atoms with Crippen molar-refractivity contribution < 1.29 is 9.53 Å². The molecule has 0 aliphatic heterocycles. The molecule has 2 aromatic rings. The standard InChI is InChI=1S/C13H17ClN4O2/c1-13(2,3)20-12(19)18(5)11-10-8(6-9(14)16-11)17(4)7-15-10/h6-7H,1-5H3. The van der Waals surface area contributed by atoms with Crippen molar-refractivity contribution in [1.82, 2.24) is 14.5 Å². The highest BCUT2D eigenvalue weighted by atomic mass is 35.5. The van der Waals surface area contributed by atoms with Gasteiger partial charge in [0.25, 0.3) is 0 Å². The molecule has 0 fully saturated rings. The highest BCUT2D eigenvalue weighted by Crippen LogP contribution is 2.26. The van der Waals surface area contributed by atoms with Crippen LogP contribution in [0.4, 0.5) is 10.6 Å². The lowest BCUT2D eigenvalue weighted by Gasteiger charge is -2.24. The quantitative estimate of drug-likeness (QED) is 0.759. The molecule has 2 aromatic heterocycles. The number of carbonyl (C=O) groups excluding carboxylic acids is 1. The van der Waals surface area contributed by atoms with Gasteiger partial charge in [0, 0.05) is 20.2 Å². The molecular weight excluding hydrogens is 280 g/mol. The summed E-state index contributed by atoms with van der Waals surface area (Å²) in [5.74, 6) is 0.377. The second kappa shape index (κ2) is 4.94. The number of pyridine rings is 1. The Balaban J connectivity index is 2.44. The first-order valence-electron chi connectivity index (χ1n) is 6.13. The molecule has 108 valence electrons. The molecule has 2 rings (SSSR count). The number of rotatable bonds is 1. The van der Waals surface area contributed by atoms with Crippen LogP contribution in [0.5, 0.6) is 0 Å². The van der Waals surface area contributed by atoms with Crippen LogP contribution in [0.3, 0.4) is 0 Å². The van der Waals surface area contributed by atoms with E-state index < -0.39 is 11.7 Å². The Labute approximate surface area is 122 Å². The van der Waals surface area contributed by atoms with Crippen molar-refractivity contribution in [2.75, 3.05) is 11.9 Å². The zero-order chi connectivity index (χ0) is 15.1. The number of nitrogens with zero attached hydrogens (tertiary/aromatic N) is 4. The number of fused-ring (bicyclic) bond motifs is 1. The summed E-state index contributed by atoms with van der Waals surface area (Å²) in [7, 11) is 3.43. The molecule has 0 aliphatic carbocycles. The summed E-state index contributed by atoms with van der Waals surface area (Å²) in [6.45, 7) is 5.42. The maximum atomic E-state index is 12.1. The van der Waals surface area contributed by atoms with E-state index in [1.54, 1.807) is 40.2 Å². The van der Waals surface area contributed by atoms with Crippen molar-refractivity contribution in [1.29, 1.82) is 0 Å². The molecule has 0 unspecified atom stereocenters. The minimum Gasteiger partial charge on any atom is -0.443 e. The first-order valence-corrected chi connectivity index (χ1v) is 6.51. The van der Waals surface area contributed by atoms with Gasteiger partial charge in [0.1, 0.15) is 16.3 Å². The molecular formula is C13H17ClN4O2. The van der Waals surface area contributed by atoms with Crippen LogP contribution < -0.4 is 4.90 Å². The van der Waals surface area contributed by atoms with E-state index in [1.165, 1.54) is 4.90 Å². The van der Waals surface area contributed by atoms with Gasteiger partial charge < -0.3 is 9.30 Å². The fraction of sp³-hybridized carbons (Fsp3) is 0.462. The van der Waals surface area contributed by atoms with E-state index in [0.717, 1.165) is 5.52 Å². The number of imidazole rings is 1. The molecule has 0 atom stereocenters. The lowest BCUT2D eigenvalue weighted by molar-refractivity contribution is 0.0588. The molecule has 0 aromatic carbocycles. The minimum atomic E-state index is -0.576. The summed E-state index contributed by atoms with van der Waals surface area (Å²) < 4.78 is 7.13. The number of hydrogen-bond donors (Lipinski definition) is 0. The van der Waals surface area contributed by atoms with Crippen LogP contribution in [-0.4, -0.2) is 33.3 Å². The predicted octanol–water partition coefficient (Wildman–Crippen LogP) is 2.99. The van der Waals surface area contributed by atoms with Crippen LogP contribution in [0, 0.1) is 0 Å². The highest BCUT2D eigenvalue weighted by Gasteiger charge is 2.24. The average Bonchev–Trinajstić information content (AvgIpc) is 2.67. The van der Waals surface area contributed by atoms with Gasteiger partial charge in [0.15, 0.2) is 5.82 Å². The van der Waals surface area contributed by atoms with Crippen molar-refractivity contribution in [3.63, 3.8) is 0 Å². The Kier molecular flexibility index (Phi) is 3.60. The van der Waals surface area contributed by atoms with Crippen LogP contribution in [0.15, 0.2) is 12.4 Å². The Morgan fingerprint density at radius 1 is 1.45 bits per heavy atom. The third kappa shape index (κ3) is 2.85. The molecule has 0 radical (unpaired) electrons. The molecule has 0 aliphatic rings. The normalized spacial score (nSPS) is 11.7. The van der Waals surface area contributed by atoms with E-state index in [-0.39, 0.29) is 0 Å². The number of amides is 1. The Hall–Kier alpha value is -1.82. The number of aryl methyl sites for hydroxylation is 1. The summed E-state index contributed by atoms with van der Waals surface area (Å²) in [4.78, 5) is 21.9. The molecule has 0 saturated heterocycles. The van der Waals surface area contributed by atoms with E-state index in [9.17, 15) is 4.79 Å². The summed E-state index contributed by atoms with van der Waals surface area (Å²) >= 11 is 6.00. The van der Waals surface area contributed by atoms with Gasteiger partial charge in [-0.3, -0.25) is 4.90 Å². The van der Waals surface area contributed by atoms with Crippen molar-refractivity contribution in [2.24, 2.45) is 7.05 Å². The fourth-order valence-corrected chi connectivity index (χ4v) is 1.92. The van der Waals surface area contributed by atoms with Gasteiger partial charge in [-0.05, 0) is 20.8 Å². The van der Waals surface area contributed by atoms with Crippen molar-refractivity contribution >= 4 is 34.5 Å². The van der Waals surface area contributed by atoms with Crippen molar-refractivity contribution in [2.45, 2.75) is 26.4 Å². The third-order valence-corrected chi connectivity index (χ3v) is 2.84. The predicted molar refractivity (Wildman–Crippen MR) is 78.2 cm³/mol. The van der Waals surface area contributed by atoms with E-state index in [4.69, 9.17) is 16.3 Å². The van der Waals surface area contributed by atoms with E-state index >= 15 is 0 Å². The monoisotopic (exact) mass is 296 g/mol. The molecule has 20 heavy (non-hydrogen) atoms. The van der Waals surface area contributed by atoms with Gasteiger partial charge in [-0.2, -0.15) is 0 Å². The summed E-state index contributed by atoms with van der Waals surface area (Å²) in [6.07, 6.45) is 1.15. The second-order valence-corrected chi connectivity index (χ2v) is 5.92. The topological polar surface area (TPSA) is 60.3 Å². The van der Waals surface area contributed by atoms with E-state index in [2.05, 4.69) is 9.97 Å². The fourth-order valence-electron chi connectivity index (χ4n) is 1.73. The Morgan fingerprint density at radius 2 is 2.10 bits per heavy atom. The van der Waals surface area contributed by atoms with Crippen molar-refractivity contribution in [3.05, 3.63) is 17.5 Å². The molecule has 0 spiro atoms. The number of hydrogen-bond acceptors (Lipinski definition) is 4. The van der Waals surface area contributed by atoms with Gasteiger partial charge in [0.05, 0.1) is 11.8 Å². The first kappa shape index (κ1) is 14.6. The van der Waals surface area contributed by atoms with Crippen LogP contribution in [0.25, 0.3) is 11.0 Å². The average molecular weight is 297 g/mol. The van der Waals surface area contributed by atoms with Crippen LogP contribution in [-0.2, 0) is 11.8 Å².